The molecule has 176 valence electrons. The Kier molecular flexibility index (Phi) is 5.89. The molecule has 0 aliphatic rings. The van der Waals surface area contributed by atoms with Gasteiger partial charge in [0.15, 0.2) is 5.69 Å². The molecular weight excluding hydrogens is 476 g/mol. The van der Waals surface area contributed by atoms with E-state index >= 15 is 0 Å². The van der Waals surface area contributed by atoms with Gasteiger partial charge in [0.05, 0.1) is 11.3 Å². The number of alkyl halides is 9. The van der Waals surface area contributed by atoms with Gasteiger partial charge in [0, 0.05) is 17.3 Å². The summed E-state index contributed by atoms with van der Waals surface area (Å²) in [5.41, 5.74) is -6.25. The molecule has 0 spiro atoms. The summed E-state index contributed by atoms with van der Waals surface area (Å²) in [4.78, 5) is 12.2. The number of amides is 1. The molecule has 3 rings (SSSR count). The Morgan fingerprint density at radius 1 is 0.788 bits per heavy atom. The largest absolute Gasteiger partial charge is 0.435 e. The van der Waals surface area contributed by atoms with Crippen molar-refractivity contribution >= 4 is 11.6 Å². The zero-order valence-electron chi connectivity index (χ0n) is 15.7. The van der Waals surface area contributed by atoms with Crippen LogP contribution in [0.2, 0.25) is 0 Å². The van der Waals surface area contributed by atoms with E-state index in [-0.39, 0.29) is 22.5 Å². The van der Waals surface area contributed by atoms with Crippen LogP contribution in [0.5, 0.6) is 0 Å². The van der Waals surface area contributed by atoms with Gasteiger partial charge in [-0.25, -0.2) is 9.07 Å². The zero-order valence-corrected chi connectivity index (χ0v) is 15.7. The number of nitrogens with zero attached hydrogens (tertiary/aromatic N) is 2. The van der Waals surface area contributed by atoms with Crippen LogP contribution >= 0.6 is 0 Å². The van der Waals surface area contributed by atoms with E-state index in [1.54, 1.807) is 0 Å². The number of aromatic nitrogens is 2. The lowest BCUT2D eigenvalue weighted by molar-refractivity contribution is -0.143. The van der Waals surface area contributed by atoms with Crippen LogP contribution in [0.4, 0.5) is 49.6 Å². The highest BCUT2D eigenvalue weighted by molar-refractivity contribution is 6.04. The maximum absolute atomic E-state index is 13.3. The third-order valence-electron chi connectivity index (χ3n) is 4.19. The average molecular weight is 485 g/mol. The first-order valence-corrected chi connectivity index (χ1v) is 8.60. The van der Waals surface area contributed by atoms with Crippen molar-refractivity contribution in [2.45, 2.75) is 18.5 Å². The van der Waals surface area contributed by atoms with Gasteiger partial charge in [-0.1, -0.05) is 0 Å². The van der Waals surface area contributed by atoms with Gasteiger partial charge in [0.25, 0.3) is 5.91 Å². The van der Waals surface area contributed by atoms with E-state index in [1.165, 1.54) is 0 Å². The minimum atomic E-state index is -5.16. The molecular formula is C19H9F10N3O. The topological polar surface area (TPSA) is 46.9 Å². The second-order valence-electron chi connectivity index (χ2n) is 6.52. The number of hydrogen-bond donors (Lipinski definition) is 1. The SMILES string of the molecule is O=C(Nc1ccc(-n2nc(C(F)(F)F)cc2C(F)(F)F)cc1)c1ccc(F)c(C(F)(F)F)c1. The summed E-state index contributed by atoms with van der Waals surface area (Å²) in [6.45, 7) is 0. The molecule has 1 aromatic heterocycles. The highest BCUT2D eigenvalue weighted by atomic mass is 19.4. The first-order chi connectivity index (χ1) is 15.1. The normalized spacial score (nSPS) is 12.7. The summed E-state index contributed by atoms with van der Waals surface area (Å²) in [6.07, 6.45) is -15.4. The third-order valence-corrected chi connectivity index (χ3v) is 4.19. The quantitative estimate of drug-likeness (QED) is 0.442. The maximum atomic E-state index is 13.3. The van der Waals surface area contributed by atoms with Crippen LogP contribution < -0.4 is 5.32 Å². The molecule has 3 aromatic rings. The van der Waals surface area contributed by atoms with Crippen molar-refractivity contribution in [2.24, 2.45) is 0 Å². The van der Waals surface area contributed by atoms with Gasteiger partial charge in [0.1, 0.15) is 11.5 Å². The van der Waals surface area contributed by atoms with E-state index in [1.807, 2.05) is 0 Å². The van der Waals surface area contributed by atoms with Crippen LogP contribution in [-0.4, -0.2) is 15.7 Å². The number of benzene rings is 2. The van der Waals surface area contributed by atoms with Crippen molar-refractivity contribution in [3.05, 3.63) is 76.9 Å². The Bertz CT molecular complexity index is 1170. The molecule has 0 saturated carbocycles. The van der Waals surface area contributed by atoms with Crippen molar-refractivity contribution in [1.82, 2.24) is 9.78 Å². The molecule has 0 saturated heterocycles. The monoisotopic (exact) mass is 485 g/mol. The van der Waals surface area contributed by atoms with Gasteiger partial charge >= 0.3 is 18.5 Å². The highest BCUT2D eigenvalue weighted by Gasteiger charge is 2.42. The van der Waals surface area contributed by atoms with Gasteiger partial charge in [-0.15, -0.1) is 0 Å². The number of carbonyl (C=O) groups is 1. The molecule has 1 heterocycles. The molecule has 0 aliphatic heterocycles. The molecule has 1 N–H and O–H groups in total. The fourth-order valence-corrected chi connectivity index (χ4v) is 2.69. The van der Waals surface area contributed by atoms with Crippen molar-refractivity contribution in [1.29, 1.82) is 0 Å². The van der Waals surface area contributed by atoms with Crippen LogP contribution in [0, 0.1) is 5.82 Å². The van der Waals surface area contributed by atoms with Gasteiger partial charge in [-0.3, -0.25) is 4.79 Å². The Hall–Kier alpha value is -3.58. The molecule has 33 heavy (non-hydrogen) atoms. The molecule has 0 aliphatic carbocycles. The Labute approximate surface area is 177 Å². The lowest BCUT2D eigenvalue weighted by Crippen LogP contribution is -2.15. The molecule has 2 aromatic carbocycles. The summed E-state index contributed by atoms with van der Waals surface area (Å²) < 4.78 is 129. The van der Waals surface area contributed by atoms with Crippen molar-refractivity contribution in [2.75, 3.05) is 5.32 Å². The third kappa shape index (κ3) is 5.26. The molecule has 1 amide bonds. The Morgan fingerprint density at radius 2 is 1.39 bits per heavy atom. The first kappa shape index (κ1) is 24.1. The fourth-order valence-electron chi connectivity index (χ4n) is 2.69. The van der Waals surface area contributed by atoms with E-state index in [4.69, 9.17) is 0 Å². The minimum Gasteiger partial charge on any atom is -0.322 e. The minimum absolute atomic E-state index is 0.0179. The fraction of sp³-hybridized carbons (Fsp3) is 0.158. The van der Waals surface area contributed by atoms with Crippen molar-refractivity contribution in [3.8, 4) is 5.69 Å². The predicted molar refractivity (Wildman–Crippen MR) is 92.9 cm³/mol. The van der Waals surface area contributed by atoms with E-state index in [2.05, 4.69) is 10.4 Å². The summed E-state index contributed by atoms with van der Waals surface area (Å²) in [6, 6.07) is 5.14. The van der Waals surface area contributed by atoms with Crippen LogP contribution in [0.25, 0.3) is 5.69 Å². The molecule has 0 bridgehead atoms. The number of hydrogen-bond acceptors (Lipinski definition) is 2. The number of halogens is 10. The smallest absolute Gasteiger partial charge is 0.322 e. The van der Waals surface area contributed by atoms with Crippen molar-refractivity contribution < 1.29 is 48.7 Å². The molecule has 14 heteroatoms. The molecule has 0 fully saturated rings. The number of rotatable bonds is 3. The summed E-state index contributed by atoms with van der Waals surface area (Å²) in [5, 5.41) is 5.09. The summed E-state index contributed by atoms with van der Waals surface area (Å²) in [7, 11) is 0. The number of anilines is 1. The zero-order chi connectivity index (χ0) is 24.8. The van der Waals surface area contributed by atoms with E-state index in [0.29, 0.717) is 6.07 Å². The summed E-state index contributed by atoms with van der Waals surface area (Å²) >= 11 is 0. The van der Waals surface area contributed by atoms with Crippen LogP contribution in [0.1, 0.15) is 27.3 Å². The molecule has 0 atom stereocenters. The second-order valence-corrected chi connectivity index (χ2v) is 6.52. The van der Waals surface area contributed by atoms with Gasteiger partial charge in [-0.05, 0) is 42.5 Å². The highest BCUT2D eigenvalue weighted by Crippen LogP contribution is 2.36. The summed E-state index contributed by atoms with van der Waals surface area (Å²) in [5.74, 6) is -2.69. The maximum Gasteiger partial charge on any atom is 0.435 e. The van der Waals surface area contributed by atoms with E-state index in [0.717, 1.165) is 30.3 Å². The van der Waals surface area contributed by atoms with Crippen LogP contribution in [0.15, 0.2) is 48.5 Å². The Morgan fingerprint density at radius 3 is 1.91 bits per heavy atom. The first-order valence-electron chi connectivity index (χ1n) is 8.60. The van der Waals surface area contributed by atoms with Gasteiger partial charge < -0.3 is 5.32 Å². The lowest BCUT2D eigenvalue weighted by Gasteiger charge is -2.12. The lowest BCUT2D eigenvalue weighted by atomic mass is 10.1. The Balaban J connectivity index is 1.88. The van der Waals surface area contributed by atoms with Crippen molar-refractivity contribution in [3.63, 3.8) is 0 Å². The van der Waals surface area contributed by atoms with Crippen LogP contribution in [0.3, 0.4) is 0 Å². The molecule has 0 radical (unpaired) electrons. The number of nitrogens with one attached hydrogen (secondary N) is 1. The molecule has 4 nitrogen and oxygen atoms in total. The van der Waals surface area contributed by atoms with Gasteiger partial charge in [0.2, 0.25) is 0 Å². The standard InChI is InChI=1S/C19H9F10N3O/c20-13-6-1-9(7-12(13)17(21,22)23)16(33)30-10-2-4-11(5-3-10)32-15(19(27,28)29)8-14(31-32)18(24,25)26/h1-8H,(H,30,33). The van der Waals surface area contributed by atoms with E-state index < -0.39 is 58.5 Å². The number of carbonyl (C=O) groups excluding carboxylic acids is 1. The van der Waals surface area contributed by atoms with Gasteiger partial charge in [-0.2, -0.15) is 44.6 Å². The molecule has 0 unspecified atom stereocenters. The average Bonchev–Trinajstić information content (AvgIpc) is 3.14. The second kappa shape index (κ2) is 8.08. The predicted octanol–water partition coefficient (Wildman–Crippen LogP) is 6.32. The van der Waals surface area contributed by atoms with E-state index in [9.17, 15) is 48.7 Å². The van der Waals surface area contributed by atoms with Crippen LogP contribution in [-0.2, 0) is 18.5 Å².